The van der Waals surface area contributed by atoms with Gasteiger partial charge in [-0.15, -0.1) is 0 Å². The molecule has 88 valence electrons. The molecular formula is C11H13BrO2S2. The third-order valence-electron chi connectivity index (χ3n) is 2.44. The molecule has 0 amide bonds. The van der Waals surface area contributed by atoms with Gasteiger partial charge in [-0.25, -0.2) is 0 Å². The highest BCUT2D eigenvalue weighted by atomic mass is 79.9. The number of hydrogen-bond acceptors (Lipinski definition) is 4. The molecule has 0 aromatic heterocycles. The number of carbonyl (C=O) groups is 1. The highest BCUT2D eigenvalue weighted by Crippen LogP contribution is 2.28. The maximum atomic E-state index is 11.6. The molecule has 1 aliphatic rings. The molecule has 0 fully saturated rings. The first-order valence-electron chi connectivity index (χ1n) is 5.02. The van der Waals surface area contributed by atoms with Crippen molar-refractivity contribution in [2.24, 2.45) is 0 Å². The van der Waals surface area contributed by atoms with Crippen LogP contribution in [0.3, 0.4) is 0 Å². The van der Waals surface area contributed by atoms with Crippen molar-refractivity contribution in [2.75, 3.05) is 6.61 Å². The first kappa shape index (κ1) is 13.9. The summed E-state index contributed by atoms with van der Waals surface area (Å²) in [6.45, 7) is 4.10. The molecule has 0 saturated heterocycles. The minimum atomic E-state index is -0.427. The number of rotatable bonds is 3. The van der Waals surface area contributed by atoms with Crippen molar-refractivity contribution in [2.45, 2.75) is 31.5 Å². The summed E-state index contributed by atoms with van der Waals surface area (Å²) in [6.07, 6.45) is 1.33. The minimum Gasteiger partial charge on any atom is -0.465 e. The van der Waals surface area contributed by atoms with Gasteiger partial charge in [-0.3, -0.25) is 4.79 Å². The Labute approximate surface area is 115 Å². The molecule has 1 rings (SSSR count). The number of esters is 1. The molecule has 0 aromatic rings. The Morgan fingerprint density at radius 2 is 2.12 bits per heavy atom. The summed E-state index contributed by atoms with van der Waals surface area (Å²) in [5.41, 5.74) is 1.94. The molecule has 0 aromatic carbocycles. The normalized spacial score (nSPS) is 18.7. The monoisotopic (exact) mass is 320 g/mol. The smallest absolute Gasteiger partial charge is 0.323 e. The van der Waals surface area contributed by atoms with E-state index in [4.69, 9.17) is 29.2 Å². The molecule has 5 heteroatoms. The van der Waals surface area contributed by atoms with Crippen LogP contribution in [0.25, 0.3) is 0 Å². The third-order valence-corrected chi connectivity index (χ3v) is 4.11. The van der Waals surface area contributed by atoms with Crippen LogP contribution in [-0.2, 0) is 9.53 Å². The number of thiocarbonyl (C=S) groups is 2. The van der Waals surface area contributed by atoms with E-state index in [1.165, 1.54) is 0 Å². The summed E-state index contributed by atoms with van der Waals surface area (Å²) in [6, 6.07) is 0. The average molecular weight is 321 g/mol. The minimum absolute atomic E-state index is 0.274. The van der Waals surface area contributed by atoms with Gasteiger partial charge in [0.05, 0.1) is 6.61 Å². The lowest BCUT2D eigenvalue weighted by molar-refractivity contribution is -0.141. The molecule has 0 N–H and O–H groups in total. The van der Waals surface area contributed by atoms with E-state index >= 15 is 0 Å². The van der Waals surface area contributed by atoms with E-state index < -0.39 is 4.83 Å². The van der Waals surface area contributed by atoms with Crippen molar-refractivity contribution < 1.29 is 9.53 Å². The number of ether oxygens (including phenoxy) is 1. The first-order valence-corrected chi connectivity index (χ1v) is 6.75. The van der Waals surface area contributed by atoms with Gasteiger partial charge in [0.25, 0.3) is 0 Å². The van der Waals surface area contributed by atoms with Crippen LogP contribution in [-0.4, -0.2) is 27.1 Å². The Morgan fingerprint density at radius 1 is 1.50 bits per heavy atom. The quantitative estimate of drug-likeness (QED) is 0.453. The standard InChI is InChI=1S/C11H13BrO2S2/c1-3-14-11(13)10(12)8-4-7(15)5-9(16)6(8)2/h10H,3-5H2,1-2H3. The summed E-state index contributed by atoms with van der Waals surface area (Å²) < 4.78 is 4.97. The molecule has 0 radical (unpaired) electrons. The second-order valence-electron chi connectivity index (χ2n) is 3.58. The van der Waals surface area contributed by atoms with Crippen LogP contribution in [0.15, 0.2) is 11.1 Å². The molecule has 0 spiro atoms. The van der Waals surface area contributed by atoms with Crippen molar-refractivity contribution >= 4 is 56.1 Å². The summed E-state index contributed by atoms with van der Waals surface area (Å²) in [5.74, 6) is -0.274. The second kappa shape index (κ2) is 5.98. The summed E-state index contributed by atoms with van der Waals surface area (Å²) in [7, 11) is 0. The molecule has 1 atom stereocenters. The van der Waals surface area contributed by atoms with Gasteiger partial charge in [-0.2, -0.15) is 0 Å². The zero-order valence-corrected chi connectivity index (χ0v) is 12.4. The number of alkyl halides is 1. The van der Waals surface area contributed by atoms with Gasteiger partial charge in [-0.1, -0.05) is 40.4 Å². The molecule has 16 heavy (non-hydrogen) atoms. The van der Waals surface area contributed by atoms with Gasteiger partial charge in [0.1, 0.15) is 4.83 Å². The Balaban J connectivity index is 2.93. The summed E-state index contributed by atoms with van der Waals surface area (Å²) in [5, 5.41) is 0. The number of carbonyl (C=O) groups excluding carboxylic acids is 1. The van der Waals surface area contributed by atoms with E-state index in [2.05, 4.69) is 15.9 Å². The van der Waals surface area contributed by atoms with E-state index in [1.54, 1.807) is 6.92 Å². The predicted octanol–water partition coefficient (Wildman–Crippen LogP) is 3.16. The maximum Gasteiger partial charge on any atom is 0.323 e. The van der Waals surface area contributed by atoms with Crippen LogP contribution in [0.5, 0.6) is 0 Å². The van der Waals surface area contributed by atoms with Crippen molar-refractivity contribution in [3.05, 3.63) is 11.1 Å². The van der Waals surface area contributed by atoms with Gasteiger partial charge in [0.2, 0.25) is 0 Å². The van der Waals surface area contributed by atoms with E-state index in [9.17, 15) is 4.79 Å². The zero-order valence-electron chi connectivity index (χ0n) is 9.21. The molecule has 1 unspecified atom stereocenters. The summed E-state index contributed by atoms with van der Waals surface area (Å²) >= 11 is 13.8. The van der Waals surface area contributed by atoms with Crippen molar-refractivity contribution in [3.8, 4) is 0 Å². The van der Waals surface area contributed by atoms with Crippen LogP contribution in [0, 0.1) is 0 Å². The van der Waals surface area contributed by atoms with Crippen molar-refractivity contribution in [3.63, 3.8) is 0 Å². The third kappa shape index (κ3) is 3.18. The van der Waals surface area contributed by atoms with E-state index in [0.29, 0.717) is 19.4 Å². The number of halogens is 1. The SMILES string of the molecule is CCOC(=O)C(Br)C1=C(C)C(=S)CC(=S)C1. The molecule has 1 aliphatic carbocycles. The Morgan fingerprint density at radius 3 is 2.69 bits per heavy atom. The van der Waals surface area contributed by atoms with Crippen LogP contribution < -0.4 is 0 Å². The average Bonchev–Trinajstić information content (AvgIpc) is 2.22. The number of allylic oxidation sites excluding steroid dienone is 1. The molecule has 0 bridgehead atoms. The summed E-state index contributed by atoms with van der Waals surface area (Å²) in [4.78, 5) is 12.9. The van der Waals surface area contributed by atoms with E-state index in [-0.39, 0.29) is 5.97 Å². The number of hydrogen-bond donors (Lipinski definition) is 0. The van der Waals surface area contributed by atoms with Crippen LogP contribution in [0.4, 0.5) is 0 Å². The Bertz CT molecular complexity index is 374. The Kier molecular flexibility index (Phi) is 5.21. The molecule has 0 saturated carbocycles. The zero-order chi connectivity index (χ0) is 12.3. The lowest BCUT2D eigenvalue weighted by Crippen LogP contribution is -2.26. The maximum absolute atomic E-state index is 11.6. The lowest BCUT2D eigenvalue weighted by atomic mass is 9.90. The molecule has 0 heterocycles. The fourth-order valence-corrected chi connectivity index (χ4v) is 2.87. The highest BCUT2D eigenvalue weighted by Gasteiger charge is 2.27. The van der Waals surface area contributed by atoms with Crippen LogP contribution >= 0.6 is 40.4 Å². The van der Waals surface area contributed by atoms with E-state index in [1.807, 2.05) is 6.92 Å². The topological polar surface area (TPSA) is 26.3 Å². The van der Waals surface area contributed by atoms with Gasteiger partial charge < -0.3 is 4.74 Å². The van der Waals surface area contributed by atoms with Gasteiger partial charge >= 0.3 is 5.97 Å². The van der Waals surface area contributed by atoms with E-state index in [0.717, 1.165) is 20.9 Å². The lowest BCUT2D eigenvalue weighted by Gasteiger charge is -2.22. The molecule has 0 aliphatic heterocycles. The van der Waals surface area contributed by atoms with Crippen molar-refractivity contribution in [1.82, 2.24) is 0 Å². The fraction of sp³-hybridized carbons (Fsp3) is 0.545. The van der Waals surface area contributed by atoms with Crippen LogP contribution in [0.1, 0.15) is 26.7 Å². The van der Waals surface area contributed by atoms with Gasteiger partial charge in [0.15, 0.2) is 0 Å². The predicted molar refractivity (Wildman–Crippen MR) is 76.5 cm³/mol. The second-order valence-corrected chi connectivity index (χ2v) is 5.57. The highest BCUT2D eigenvalue weighted by molar-refractivity contribution is 9.10. The van der Waals surface area contributed by atoms with Gasteiger partial charge in [-0.05, 0) is 25.0 Å². The van der Waals surface area contributed by atoms with Gasteiger partial charge in [0, 0.05) is 22.6 Å². The Hall–Kier alpha value is -0.130. The molecule has 2 nitrogen and oxygen atoms in total. The largest absolute Gasteiger partial charge is 0.465 e. The fourth-order valence-electron chi connectivity index (χ4n) is 1.54. The molecular weight excluding hydrogens is 308 g/mol. The first-order chi connectivity index (χ1) is 7.47. The van der Waals surface area contributed by atoms with Crippen molar-refractivity contribution in [1.29, 1.82) is 0 Å². The van der Waals surface area contributed by atoms with Crippen LogP contribution in [0.2, 0.25) is 0 Å².